The second-order valence-corrected chi connectivity index (χ2v) is 10.4. The molecular weight excluding hydrogens is 506 g/mol. The van der Waals surface area contributed by atoms with Gasteiger partial charge in [-0.3, -0.25) is 19.2 Å². The topological polar surface area (TPSA) is 204 Å². The van der Waals surface area contributed by atoms with Crippen molar-refractivity contribution in [2.75, 3.05) is 0 Å². The van der Waals surface area contributed by atoms with E-state index in [1.54, 1.807) is 20.0 Å². The van der Waals surface area contributed by atoms with Crippen molar-refractivity contribution in [2.24, 2.45) is 17.6 Å². The molecule has 0 saturated carbocycles. The minimum Gasteiger partial charge on any atom is -0.481 e. The molecule has 0 fully saturated rings. The maximum Gasteiger partial charge on any atom is 0.326 e. The van der Waals surface area contributed by atoms with Crippen LogP contribution in [-0.4, -0.2) is 69.0 Å². The number of amides is 3. The van der Waals surface area contributed by atoms with Gasteiger partial charge in [-0.1, -0.05) is 45.9 Å². The van der Waals surface area contributed by atoms with Crippen molar-refractivity contribution >= 4 is 40.6 Å². The standard InChI is InChI=1S/C27H39N5O7/c1-14(2)11-18(28)24(35)32-23(15(3)4)26(37)30-20(9-10-22(33)34)25(36)31-21(27(38)39)12-16-13-29-19-8-6-5-7-17(16)19/h5-8,13-15,18,20-21,23,29H,9-12,28H2,1-4H3,(H,30,37)(H,31,36)(H,32,35)(H,33,34)(H,38,39). The molecule has 3 amide bonds. The Morgan fingerprint density at radius 1 is 0.897 bits per heavy atom. The fourth-order valence-corrected chi connectivity index (χ4v) is 4.20. The molecule has 4 atom stereocenters. The predicted octanol–water partition coefficient (Wildman–Crippen LogP) is 1.14. The molecule has 39 heavy (non-hydrogen) atoms. The molecule has 0 bridgehead atoms. The first-order chi connectivity index (χ1) is 18.3. The van der Waals surface area contributed by atoms with Crippen molar-refractivity contribution in [3.63, 3.8) is 0 Å². The third-order valence-corrected chi connectivity index (χ3v) is 6.30. The lowest BCUT2D eigenvalue weighted by Gasteiger charge is -2.27. The van der Waals surface area contributed by atoms with Gasteiger partial charge in [0.25, 0.3) is 0 Å². The molecule has 0 aliphatic heterocycles. The molecule has 12 nitrogen and oxygen atoms in total. The number of hydrogen-bond acceptors (Lipinski definition) is 6. The summed E-state index contributed by atoms with van der Waals surface area (Å²) < 4.78 is 0. The summed E-state index contributed by atoms with van der Waals surface area (Å²) in [6, 6.07) is 2.75. The first kappa shape index (κ1) is 31.3. The molecule has 2 aromatic rings. The van der Waals surface area contributed by atoms with Crippen LogP contribution in [0.1, 0.15) is 52.5 Å². The van der Waals surface area contributed by atoms with E-state index in [0.717, 1.165) is 10.9 Å². The number of nitrogens with two attached hydrogens (primary N) is 1. The largest absolute Gasteiger partial charge is 0.481 e. The van der Waals surface area contributed by atoms with Gasteiger partial charge in [0.05, 0.1) is 6.04 Å². The smallest absolute Gasteiger partial charge is 0.326 e. The Balaban J connectivity index is 2.18. The minimum absolute atomic E-state index is 0.0386. The zero-order valence-corrected chi connectivity index (χ0v) is 22.7. The molecule has 214 valence electrons. The fourth-order valence-electron chi connectivity index (χ4n) is 4.20. The first-order valence-corrected chi connectivity index (χ1v) is 13.0. The number of carbonyl (C=O) groups excluding carboxylic acids is 3. The van der Waals surface area contributed by atoms with Gasteiger partial charge in [-0.25, -0.2) is 4.79 Å². The van der Waals surface area contributed by atoms with Gasteiger partial charge >= 0.3 is 11.9 Å². The molecular formula is C27H39N5O7. The maximum absolute atomic E-state index is 13.1. The lowest BCUT2D eigenvalue weighted by Crippen LogP contribution is -2.58. The van der Waals surface area contributed by atoms with Crippen molar-refractivity contribution in [1.29, 1.82) is 0 Å². The molecule has 8 N–H and O–H groups in total. The van der Waals surface area contributed by atoms with Crippen molar-refractivity contribution in [2.45, 2.75) is 77.5 Å². The van der Waals surface area contributed by atoms with E-state index in [0.29, 0.717) is 12.0 Å². The molecule has 0 aliphatic rings. The lowest BCUT2D eigenvalue weighted by molar-refractivity contribution is -0.143. The van der Waals surface area contributed by atoms with E-state index in [-0.39, 0.29) is 24.7 Å². The van der Waals surface area contributed by atoms with E-state index in [4.69, 9.17) is 10.8 Å². The molecule has 1 aromatic heterocycles. The molecule has 0 spiro atoms. The van der Waals surface area contributed by atoms with Crippen LogP contribution in [-0.2, 0) is 30.4 Å². The van der Waals surface area contributed by atoms with Crippen LogP contribution < -0.4 is 21.7 Å². The Morgan fingerprint density at radius 2 is 1.54 bits per heavy atom. The van der Waals surface area contributed by atoms with E-state index in [9.17, 15) is 29.1 Å². The summed E-state index contributed by atoms with van der Waals surface area (Å²) in [6.07, 6.45) is 1.31. The van der Waals surface area contributed by atoms with E-state index in [1.165, 1.54) is 0 Å². The van der Waals surface area contributed by atoms with Gasteiger partial charge in [0.1, 0.15) is 18.1 Å². The highest BCUT2D eigenvalue weighted by molar-refractivity contribution is 5.94. The number of H-pyrrole nitrogens is 1. The van der Waals surface area contributed by atoms with Crippen LogP contribution in [0.4, 0.5) is 0 Å². The Bertz CT molecular complexity index is 1180. The van der Waals surface area contributed by atoms with E-state index < -0.39 is 60.2 Å². The molecule has 0 saturated heterocycles. The highest BCUT2D eigenvalue weighted by atomic mass is 16.4. The van der Waals surface area contributed by atoms with Crippen LogP contribution in [0.25, 0.3) is 10.9 Å². The summed E-state index contributed by atoms with van der Waals surface area (Å²) in [5.41, 5.74) is 7.42. The molecule has 4 unspecified atom stereocenters. The molecule has 0 radical (unpaired) electrons. The normalized spacial score (nSPS) is 14.4. The number of benzene rings is 1. The number of para-hydroxylation sites is 1. The second-order valence-electron chi connectivity index (χ2n) is 10.4. The van der Waals surface area contributed by atoms with Gasteiger partial charge in [0.2, 0.25) is 17.7 Å². The van der Waals surface area contributed by atoms with E-state index in [1.807, 2.05) is 38.1 Å². The van der Waals surface area contributed by atoms with Gasteiger partial charge in [-0.2, -0.15) is 0 Å². The third kappa shape index (κ3) is 9.40. The number of fused-ring (bicyclic) bond motifs is 1. The van der Waals surface area contributed by atoms with Crippen LogP contribution in [0.3, 0.4) is 0 Å². The van der Waals surface area contributed by atoms with Crippen LogP contribution in [0.5, 0.6) is 0 Å². The number of carboxylic acids is 2. The Hall–Kier alpha value is -3.93. The molecule has 12 heteroatoms. The highest BCUT2D eigenvalue weighted by Gasteiger charge is 2.32. The molecule has 1 aromatic carbocycles. The quantitative estimate of drug-likeness (QED) is 0.172. The summed E-state index contributed by atoms with van der Waals surface area (Å²) in [4.78, 5) is 65.1. The maximum atomic E-state index is 13.1. The summed E-state index contributed by atoms with van der Waals surface area (Å²) in [5.74, 6) is -4.77. The number of hydrogen-bond donors (Lipinski definition) is 7. The van der Waals surface area contributed by atoms with Gasteiger partial charge in [-0.05, 0) is 36.3 Å². The monoisotopic (exact) mass is 545 g/mol. The number of carboxylic acid groups (broad SMARTS) is 2. The number of aromatic amines is 1. The average Bonchev–Trinajstić information content (AvgIpc) is 3.26. The summed E-state index contributed by atoms with van der Waals surface area (Å²) in [7, 11) is 0. The zero-order chi connectivity index (χ0) is 29.3. The summed E-state index contributed by atoms with van der Waals surface area (Å²) in [6.45, 7) is 7.22. The lowest BCUT2D eigenvalue weighted by atomic mass is 9.99. The number of nitrogens with one attached hydrogen (secondary N) is 4. The van der Waals surface area contributed by atoms with Gasteiger partial charge in [-0.15, -0.1) is 0 Å². The van der Waals surface area contributed by atoms with Crippen molar-refractivity contribution in [3.05, 3.63) is 36.0 Å². The van der Waals surface area contributed by atoms with Crippen LogP contribution in [0.15, 0.2) is 30.5 Å². The number of rotatable bonds is 15. The number of aliphatic carboxylic acids is 2. The second kappa shape index (κ2) is 14.3. The summed E-state index contributed by atoms with van der Waals surface area (Å²) in [5, 5.41) is 27.3. The van der Waals surface area contributed by atoms with E-state index in [2.05, 4.69) is 20.9 Å². The average molecular weight is 546 g/mol. The van der Waals surface area contributed by atoms with Crippen molar-refractivity contribution in [3.8, 4) is 0 Å². The molecule has 2 rings (SSSR count). The van der Waals surface area contributed by atoms with E-state index >= 15 is 0 Å². The predicted molar refractivity (Wildman–Crippen MR) is 145 cm³/mol. The molecule has 1 heterocycles. The highest BCUT2D eigenvalue weighted by Crippen LogP contribution is 2.19. The third-order valence-electron chi connectivity index (χ3n) is 6.30. The Kier molecular flexibility index (Phi) is 11.5. The van der Waals surface area contributed by atoms with Crippen LogP contribution >= 0.6 is 0 Å². The van der Waals surface area contributed by atoms with Crippen molar-refractivity contribution in [1.82, 2.24) is 20.9 Å². The van der Waals surface area contributed by atoms with Gasteiger partial charge in [0.15, 0.2) is 0 Å². The van der Waals surface area contributed by atoms with Gasteiger partial charge < -0.3 is 36.9 Å². The zero-order valence-electron chi connectivity index (χ0n) is 22.7. The Labute approximate surface area is 227 Å². The number of aromatic nitrogens is 1. The number of carbonyl (C=O) groups is 5. The van der Waals surface area contributed by atoms with Crippen LogP contribution in [0.2, 0.25) is 0 Å². The van der Waals surface area contributed by atoms with Gasteiger partial charge in [0, 0.05) is 29.9 Å². The minimum atomic E-state index is -1.35. The summed E-state index contributed by atoms with van der Waals surface area (Å²) >= 11 is 0. The van der Waals surface area contributed by atoms with Crippen molar-refractivity contribution < 1.29 is 34.2 Å². The first-order valence-electron chi connectivity index (χ1n) is 13.0. The van der Waals surface area contributed by atoms with Crippen LogP contribution in [0, 0.1) is 11.8 Å². The molecule has 0 aliphatic carbocycles. The fraction of sp³-hybridized carbons (Fsp3) is 0.519. The SMILES string of the molecule is CC(C)CC(N)C(=O)NC(C(=O)NC(CCC(=O)O)C(=O)NC(Cc1c[nH]c2ccccc12)C(=O)O)C(C)C. The Morgan fingerprint density at radius 3 is 2.13 bits per heavy atom.